The maximum Gasteiger partial charge on any atom is 0.472 e. The first-order chi connectivity index (χ1) is 34.6. The zero-order valence-electron chi connectivity index (χ0n) is 36.9. The molecule has 4 aliphatic heterocycles. The van der Waals surface area contributed by atoms with Crippen molar-refractivity contribution >= 4 is 89.2 Å². The Morgan fingerprint density at radius 3 is 1.93 bits per heavy atom. The molecule has 43 heteroatoms. The van der Waals surface area contributed by atoms with Gasteiger partial charge in [-0.3, -0.25) is 51.4 Å². The molecule has 9 rings (SSSR count). The fourth-order valence-corrected chi connectivity index (χ4v) is 12.4. The van der Waals surface area contributed by atoms with E-state index >= 15 is 0 Å². The lowest BCUT2D eigenvalue weighted by Crippen LogP contribution is -3.03. The van der Waals surface area contributed by atoms with Gasteiger partial charge in [0, 0.05) is 4.98 Å². The van der Waals surface area contributed by atoms with E-state index in [1.807, 2.05) is 0 Å². The number of phosphoric ester groups is 3. The van der Waals surface area contributed by atoms with Gasteiger partial charge in [0.2, 0.25) is 12.2 Å². The first-order valence-electron chi connectivity index (χ1n) is 20.8. The Balaban J connectivity index is 0.831. The van der Waals surface area contributed by atoms with Crippen molar-refractivity contribution in [1.82, 2.24) is 49.0 Å². The summed E-state index contributed by atoms with van der Waals surface area (Å²) in [5.41, 5.74) is 15.2. The van der Waals surface area contributed by atoms with Gasteiger partial charge in [0.25, 0.3) is 41.1 Å². The molecule has 74 heavy (non-hydrogen) atoms. The molecule has 15 N–H and O–H groups in total. The van der Waals surface area contributed by atoms with Gasteiger partial charge in [-0.2, -0.15) is 4.98 Å². The molecule has 0 amide bonds. The Labute approximate surface area is 408 Å². The van der Waals surface area contributed by atoms with Gasteiger partial charge in [-0.1, -0.05) is 0 Å². The summed E-state index contributed by atoms with van der Waals surface area (Å²) in [7, 11) is -23.0. The molecule has 17 atom stereocenters. The number of imidazole rings is 2. The number of nitrogens with zero attached hydrogens (tertiary/aromatic N) is 9. The van der Waals surface area contributed by atoms with Gasteiger partial charge in [-0.05, 0) is 0 Å². The fraction of sp³-hybridized carbons (Fsp3) is 0.516. The van der Waals surface area contributed by atoms with Crippen molar-refractivity contribution in [2.24, 2.45) is 0 Å². The zero-order chi connectivity index (χ0) is 53.6. The number of aliphatic hydroxyl groups is 5. The monoisotopic (exact) mass is 1130 g/mol. The number of rotatable bonds is 18. The van der Waals surface area contributed by atoms with Crippen molar-refractivity contribution in [3.05, 3.63) is 39.7 Å². The Morgan fingerprint density at radius 1 is 0.703 bits per heavy atom. The lowest BCUT2D eigenvalue weighted by Gasteiger charge is -2.34. The van der Waals surface area contributed by atoms with E-state index in [2.05, 4.69) is 57.5 Å². The normalized spacial score (nSPS) is 32.3. The second-order valence-electron chi connectivity index (χ2n) is 16.3. The summed E-state index contributed by atoms with van der Waals surface area (Å²) in [6.07, 6.45) is -17.6. The standard InChI is InChI=1S/C31H41N15O24P4/c1-43-8-46(24-14(43)26(53)42-31(34)40-24)28-19(51)16(48)10(66-28)3-63-72(56,57)69-74(60,61)70-73(58,59)64-4-11-17(49)20(29(67-11)44-6-37-12-21(32)35-5-36-22(12)44)68-71(54,55)62-2-9-15(47)18(50)27(65-9)45-7-38-13-23(45)39-30(33)41-25(13)52/h5-11,15-20,27-29,47-51H,2-4H2,1H3,(H11-,32,33,34,35,36,39,40,41,42,52,53,54,55,56,57,58,59,60,61)/p-1/t9-,10-,11-,15-,16-,17-,18-,19-,20-,27-,28-,29-/m1/s1. The van der Waals surface area contributed by atoms with Crippen molar-refractivity contribution in [3.63, 3.8) is 0 Å². The quantitative estimate of drug-likeness (QED) is 0.0286. The van der Waals surface area contributed by atoms with Crippen LogP contribution in [0.15, 0.2) is 28.6 Å². The van der Waals surface area contributed by atoms with Gasteiger partial charge in [0.15, 0.2) is 35.1 Å². The van der Waals surface area contributed by atoms with Gasteiger partial charge in [0.1, 0.15) is 66.8 Å². The summed E-state index contributed by atoms with van der Waals surface area (Å²) < 4.78 is 98.7. The number of phosphoric acid groups is 4. The van der Waals surface area contributed by atoms with Gasteiger partial charge >= 0.3 is 25.1 Å². The van der Waals surface area contributed by atoms with Crippen LogP contribution in [0.1, 0.15) is 12.5 Å². The molecule has 404 valence electrons. The van der Waals surface area contributed by atoms with Crippen LogP contribution in [0.3, 0.4) is 0 Å². The third-order valence-corrected chi connectivity index (χ3v) is 16.5. The lowest BCUT2D eigenvalue weighted by atomic mass is 10.1. The molecule has 3 saturated heterocycles. The molecule has 9 heterocycles. The van der Waals surface area contributed by atoms with Crippen LogP contribution in [0.4, 0.5) is 29.2 Å². The molecule has 5 unspecified atom stereocenters. The minimum Gasteiger partial charge on any atom is -0.756 e. The summed E-state index contributed by atoms with van der Waals surface area (Å²) in [4.78, 5) is 102. The fourth-order valence-electron chi connectivity index (χ4n) is 8.11. The molecule has 0 bridgehead atoms. The molecular formula is C31H40N15O24P4-. The molecule has 39 nitrogen and oxygen atoms in total. The van der Waals surface area contributed by atoms with Gasteiger partial charge in [-0.15, -0.1) is 4.58 Å². The number of anilines is 3. The van der Waals surface area contributed by atoms with Crippen molar-refractivity contribution in [2.75, 3.05) is 44.1 Å². The van der Waals surface area contributed by atoms with Gasteiger partial charge in [0.05, 0.1) is 39.5 Å². The number of nitrogens with two attached hydrogens (primary N) is 3. The topological polar surface area (TPSA) is 580 Å². The summed E-state index contributed by atoms with van der Waals surface area (Å²) in [5, 5.41) is 54.3. The number of H-pyrrole nitrogens is 2. The minimum atomic E-state index is -6.56. The van der Waals surface area contributed by atoms with E-state index < -0.39 is 136 Å². The first kappa shape index (κ1) is 53.8. The Bertz CT molecular complexity index is 3340. The molecule has 5 aromatic heterocycles. The van der Waals surface area contributed by atoms with Crippen LogP contribution >= 0.6 is 31.3 Å². The summed E-state index contributed by atoms with van der Waals surface area (Å²) in [6.45, 7) is -3.67. The van der Waals surface area contributed by atoms with Crippen molar-refractivity contribution in [3.8, 4) is 0 Å². The molecule has 3 fully saturated rings. The molecule has 0 saturated carbocycles. The van der Waals surface area contributed by atoms with Crippen LogP contribution in [-0.4, -0.2) is 178 Å². The van der Waals surface area contributed by atoms with Crippen molar-refractivity contribution in [2.45, 2.75) is 73.6 Å². The van der Waals surface area contributed by atoms with Crippen molar-refractivity contribution in [1.29, 1.82) is 0 Å². The van der Waals surface area contributed by atoms with Crippen molar-refractivity contribution < 1.29 is 114 Å². The number of fused-ring (bicyclic) bond motifs is 3. The van der Waals surface area contributed by atoms with E-state index in [1.54, 1.807) is 0 Å². The Morgan fingerprint density at radius 2 is 1.26 bits per heavy atom. The highest BCUT2D eigenvalue weighted by Crippen LogP contribution is 2.63. The average molecular weight is 1130 g/mol. The van der Waals surface area contributed by atoms with E-state index in [0.717, 1.165) is 32.7 Å². The van der Waals surface area contributed by atoms with Crippen LogP contribution in [0, 0.1) is 0 Å². The van der Waals surface area contributed by atoms with Gasteiger partial charge in [-0.25, -0.2) is 38.0 Å². The number of hydrogen-bond donors (Lipinski definition) is 12. The third-order valence-electron chi connectivity index (χ3n) is 11.4. The van der Waals surface area contributed by atoms with Crippen LogP contribution in [0.2, 0.25) is 0 Å². The number of hydrogen-bond acceptors (Lipinski definition) is 32. The second kappa shape index (κ2) is 19.9. The first-order valence-corrected chi connectivity index (χ1v) is 26.7. The molecule has 0 radical (unpaired) electrons. The minimum absolute atomic E-state index is 0.0349. The maximum absolute atomic E-state index is 13.5. The van der Waals surface area contributed by atoms with Crippen LogP contribution in [0.25, 0.3) is 22.3 Å². The lowest BCUT2D eigenvalue weighted by molar-refractivity contribution is -0.715. The highest BCUT2D eigenvalue weighted by atomic mass is 31.3. The molecule has 5 aromatic rings. The molecule has 4 aliphatic rings. The predicted molar refractivity (Wildman–Crippen MR) is 228 cm³/mol. The second-order valence-corrected chi connectivity index (χ2v) is 22.2. The average Bonchev–Trinajstić information content (AvgIpc) is 4.15. The number of aromatic amines is 2. The SMILES string of the molecule is C[NH+]1C=[N+]([C@@H]2O[C@H](COP(=O)([O-])OP(=O)([O-])OP(=O)([O-])OC[C@H]3O[C@@H](n4cnc5c(N)ncnc54)[C@H](OP(=O)(O)OC[C@H]4O[C@@H](n5cnc6c(=O)[nH]c(N)nc65)[C@H](O)[C@@H]4O)[C@@H]3O)[C@@H](O)[C@H]2O)c2nc(N)[nH]c(=O)c21. The highest BCUT2D eigenvalue weighted by molar-refractivity contribution is 7.65. The smallest absolute Gasteiger partial charge is 0.472 e. The molecule has 0 aromatic carbocycles. The van der Waals surface area contributed by atoms with Crippen LogP contribution in [-0.2, 0) is 59.2 Å². The third kappa shape index (κ3) is 10.6. The highest BCUT2D eigenvalue weighted by Gasteiger charge is 2.54. The number of ether oxygens (including phenoxy) is 3. The van der Waals surface area contributed by atoms with E-state index in [-0.39, 0.29) is 51.5 Å². The number of quaternary nitrogens is 1. The summed E-state index contributed by atoms with van der Waals surface area (Å²) >= 11 is 0. The number of aliphatic hydroxyl groups excluding tert-OH is 5. The Hall–Kier alpha value is -4.99. The van der Waals surface area contributed by atoms with Crippen LogP contribution < -0.4 is 47.9 Å². The summed E-state index contributed by atoms with van der Waals surface area (Å²) in [5.74, 6) is -0.914. The number of nitrogens with one attached hydrogen (secondary N) is 3. The Kier molecular flexibility index (Phi) is 14.4. The summed E-state index contributed by atoms with van der Waals surface area (Å²) in [6, 6.07) is 0. The predicted octanol–water partition coefficient (Wildman–Crippen LogP) is -8.38. The molecular weight excluding hydrogens is 1090 g/mol. The zero-order valence-corrected chi connectivity index (χ0v) is 40.5. The largest absolute Gasteiger partial charge is 0.756 e. The van der Waals surface area contributed by atoms with E-state index in [0.29, 0.717) is 4.90 Å². The maximum atomic E-state index is 13.5. The van der Waals surface area contributed by atoms with Gasteiger partial charge < -0.3 is 85.6 Å². The van der Waals surface area contributed by atoms with Crippen LogP contribution in [0.5, 0.6) is 0 Å². The van der Waals surface area contributed by atoms with E-state index in [4.69, 9.17) is 40.5 Å². The van der Waals surface area contributed by atoms with E-state index in [1.165, 1.54) is 13.4 Å². The molecule has 0 spiro atoms. The molecule has 0 aliphatic carbocycles. The number of nitrogen functional groups attached to an aromatic ring is 3. The number of aromatic nitrogens is 10. The van der Waals surface area contributed by atoms with E-state index in [9.17, 15) is 73.0 Å².